The summed E-state index contributed by atoms with van der Waals surface area (Å²) in [6.07, 6.45) is 0. The van der Waals surface area contributed by atoms with Crippen molar-refractivity contribution in [3.8, 4) is 11.4 Å². The first kappa shape index (κ1) is 11.4. The Bertz CT molecular complexity index is 708. The monoisotopic (exact) mass is 298 g/mol. The SMILES string of the molecule is Cc1nc(-c2ccccc2)nc2cc(Br)ccc12. The maximum Gasteiger partial charge on any atom is 0.160 e. The Morgan fingerprint density at radius 2 is 1.72 bits per heavy atom. The zero-order chi connectivity index (χ0) is 12.5. The Morgan fingerprint density at radius 3 is 2.50 bits per heavy atom. The van der Waals surface area contributed by atoms with Gasteiger partial charge in [-0.05, 0) is 25.1 Å². The number of benzene rings is 2. The van der Waals surface area contributed by atoms with Crippen molar-refractivity contribution in [1.82, 2.24) is 9.97 Å². The van der Waals surface area contributed by atoms with Crippen LogP contribution in [0.4, 0.5) is 0 Å². The minimum absolute atomic E-state index is 0.777. The minimum Gasteiger partial charge on any atom is -0.233 e. The molecule has 18 heavy (non-hydrogen) atoms. The average Bonchev–Trinajstić information content (AvgIpc) is 2.39. The number of fused-ring (bicyclic) bond motifs is 1. The second kappa shape index (κ2) is 4.50. The molecule has 1 aromatic heterocycles. The fourth-order valence-electron chi connectivity index (χ4n) is 1.98. The van der Waals surface area contributed by atoms with E-state index in [0.717, 1.165) is 32.5 Å². The molecule has 0 saturated carbocycles. The molecule has 0 aliphatic heterocycles. The van der Waals surface area contributed by atoms with Crippen molar-refractivity contribution < 1.29 is 0 Å². The lowest BCUT2D eigenvalue weighted by Crippen LogP contribution is -1.94. The number of aryl methyl sites for hydroxylation is 1. The van der Waals surface area contributed by atoms with Crippen LogP contribution in [0.1, 0.15) is 5.69 Å². The quantitative estimate of drug-likeness (QED) is 0.667. The van der Waals surface area contributed by atoms with Gasteiger partial charge in [0.1, 0.15) is 0 Å². The largest absolute Gasteiger partial charge is 0.233 e. The standard InChI is InChI=1S/C15H11BrN2/c1-10-13-8-7-12(16)9-14(13)18-15(17-10)11-5-3-2-4-6-11/h2-9H,1H3. The van der Waals surface area contributed by atoms with Crippen molar-refractivity contribution in [1.29, 1.82) is 0 Å². The van der Waals surface area contributed by atoms with Gasteiger partial charge in [-0.15, -0.1) is 0 Å². The van der Waals surface area contributed by atoms with E-state index in [4.69, 9.17) is 0 Å². The van der Waals surface area contributed by atoms with Crippen LogP contribution in [-0.4, -0.2) is 9.97 Å². The molecule has 0 bridgehead atoms. The molecular formula is C15H11BrN2. The van der Waals surface area contributed by atoms with Gasteiger partial charge in [-0.25, -0.2) is 9.97 Å². The Morgan fingerprint density at radius 1 is 0.944 bits per heavy atom. The fraction of sp³-hybridized carbons (Fsp3) is 0.0667. The second-order valence-corrected chi connectivity index (χ2v) is 5.08. The van der Waals surface area contributed by atoms with Gasteiger partial charge >= 0.3 is 0 Å². The molecule has 1 heterocycles. The van der Waals surface area contributed by atoms with Crippen molar-refractivity contribution in [2.45, 2.75) is 6.92 Å². The number of halogens is 1. The lowest BCUT2D eigenvalue weighted by Gasteiger charge is -2.06. The molecule has 0 amide bonds. The summed E-state index contributed by atoms with van der Waals surface area (Å²) in [6.45, 7) is 2.02. The van der Waals surface area contributed by atoms with Crippen LogP contribution in [0.25, 0.3) is 22.3 Å². The lowest BCUT2D eigenvalue weighted by atomic mass is 10.1. The zero-order valence-corrected chi connectivity index (χ0v) is 11.5. The number of rotatable bonds is 1. The van der Waals surface area contributed by atoms with E-state index in [-0.39, 0.29) is 0 Å². The Labute approximate surface area is 114 Å². The highest BCUT2D eigenvalue weighted by atomic mass is 79.9. The summed E-state index contributed by atoms with van der Waals surface area (Å²) in [5, 5.41) is 1.10. The van der Waals surface area contributed by atoms with E-state index in [0.29, 0.717) is 0 Å². The van der Waals surface area contributed by atoms with Crippen LogP contribution in [0.15, 0.2) is 53.0 Å². The predicted molar refractivity (Wildman–Crippen MR) is 77.4 cm³/mol. The van der Waals surface area contributed by atoms with Crippen molar-refractivity contribution in [2.24, 2.45) is 0 Å². The van der Waals surface area contributed by atoms with Gasteiger partial charge in [0.15, 0.2) is 5.82 Å². The highest BCUT2D eigenvalue weighted by Crippen LogP contribution is 2.23. The Kier molecular flexibility index (Phi) is 2.84. The van der Waals surface area contributed by atoms with Crippen LogP contribution in [-0.2, 0) is 0 Å². The summed E-state index contributed by atoms with van der Waals surface area (Å²) < 4.78 is 1.03. The van der Waals surface area contributed by atoms with Crippen molar-refractivity contribution in [2.75, 3.05) is 0 Å². The molecule has 0 spiro atoms. The summed E-state index contributed by atoms with van der Waals surface area (Å²) in [6, 6.07) is 16.1. The third-order valence-corrected chi connectivity index (χ3v) is 3.37. The average molecular weight is 299 g/mol. The van der Waals surface area contributed by atoms with Gasteiger partial charge in [-0.1, -0.05) is 46.3 Å². The van der Waals surface area contributed by atoms with E-state index in [9.17, 15) is 0 Å². The van der Waals surface area contributed by atoms with E-state index < -0.39 is 0 Å². The van der Waals surface area contributed by atoms with Crippen LogP contribution in [0.2, 0.25) is 0 Å². The first-order valence-corrected chi connectivity index (χ1v) is 6.53. The molecular weight excluding hydrogens is 288 g/mol. The van der Waals surface area contributed by atoms with E-state index in [1.54, 1.807) is 0 Å². The van der Waals surface area contributed by atoms with Crippen molar-refractivity contribution in [3.05, 3.63) is 58.7 Å². The topological polar surface area (TPSA) is 25.8 Å². The highest BCUT2D eigenvalue weighted by molar-refractivity contribution is 9.10. The molecule has 0 atom stereocenters. The van der Waals surface area contributed by atoms with Gasteiger partial charge in [0.05, 0.1) is 5.52 Å². The summed E-state index contributed by atoms with van der Waals surface area (Å²) >= 11 is 3.48. The molecule has 0 fully saturated rings. The van der Waals surface area contributed by atoms with Crippen LogP contribution in [0.3, 0.4) is 0 Å². The number of aromatic nitrogens is 2. The predicted octanol–water partition coefficient (Wildman–Crippen LogP) is 4.37. The maximum atomic E-state index is 4.63. The fourth-order valence-corrected chi connectivity index (χ4v) is 2.33. The molecule has 3 rings (SSSR count). The van der Waals surface area contributed by atoms with Gasteiger partial charge in [-0.3, -0.25) is 0 Å². The summed E-state index contributed by atoms with van der Waals surface area (Å²) in [4.78, 5) is 9.20. The second-order valence-electron chi connectivity index (χ2n) is 4.16. The van der Waals surface area contributed by atoms with E-state index >= 15 is 0 Å². The molecule has 2 aromatic carbocycles. The summed E-state index contributed by atoms with van der Waals surface area (Å²) in [7, 11) is 0. The molecule has 3 aromatic rings. The van der Waals surface area contributed by atoms with E-state index in [2.05, 4.69) is 25.9 Å². The smallest absolute Gasteiger partial charge is 0.160 e. The van der Waals surface area contributed by atoms with Crippen LogP contribution >= 0.6 is 15.9 Å². The zero-order valence-electron chi connectivity index (χ0n) is 9.89. The first-order chi connectivity index (χ1) is 8.74. The molecule has 0 saturated heterocycles. The third-order valence-electron chi connectivity index (χ3n) is 2.88. The van der Waals surface area contributed by atoms with E-state index in [1.807, 2.05) is 55.5 Å². The van der Waals surface area contributed by atoms with Crippen LogP contribution in [0.5, 0.6) is 0 Å². The number of nitrogens with zero attached hydrogens (tertiary/aromatic N) is 2. The van der Waals surface area contributed by atoms with Crippen molar-refractivity contribution in [3.63, 3.8) is 0 Å². The molecule has 0 radical (unpaired) electrons. The van der Waals surface area contributed by atoms with Gasteiger partial charge in [0.25, 0.3) is 0 Å². The minimum atomic E-state index is 0.777. The molecule has 0 unspecified atom stereocenters. The molecule has 2 nitrogen and oxygen atoms in total. The first-order valence-electron chi connectivity index (χ1n) is 5.73. The van der Waals surface area contributed by atoms with Crippen LogP contribution in [0, 0.1) is 6.92 Å². The highest BCUT2D eigenvalue weighted by Gasteiger charge is 2.06. The van der Waals surface area contributed by atoms with Gasteiger partial charge < -0.3 is 0 Å². The maximum absolute atomic E-state index is 4.63. The summed E-state index contributed by atoms with van der Waals surface area (Å²) in [5.41, 5.74) is 3.02. The number of hydrogen-bond acceptors (Lipinski definition) is 2. The Hall–Kier alpha value is -1.74. The molecule has 88 valence electrons. The normalized spacial score (nSPS) is 10.8. The molecule has 3 heteroatoms. The lowest BCUT2D eigenvalue weighted by molar-refractivity contribution is 1.16. The molecule has 0 aliphatic rings. The third kappa shape index (κ3) is 2.02. The van der Waals surface area contributed by atoms with Gasteiger partial charge in [-0.2, -0.15) is 0 Å². The van der Waals surface area contributed by atoms with Crippen LogP contribution < -0.4 is 0 Å². The number of hydrogen-bond donors (Lipinski definition) is 0. The van der Waals surface area contributed by atoms with Crippen molar-refractivity contribution >= 4 is 26.8 Å². The Balaban J connectivity index is 2.27. The van der Waals surface area contributed by atoms with Gasteiger partial charge in [0, 0.05) is 21.1 Å². The van der Waals surface area contributed by atoms with E-state index in [1.165, 1.54) is 0 Å². The van der Waals surface area contributed by atoms with Gasteiger partial charge in [0.2, 0.25) is 0 Å². The molecule has 0 aliphatic carbocycles. The summed E-state index contributed by atoms with van der Waals surface area (Å²) in [5.74, 6) is 0.777. The molecule has 0 N–H and O–H groups in total.